The van der Waals surface area contributed by atoms with Gasteiger partial charge in [-0.25, -0.2) is 0 Å². The summed E-state index contributed by atoms with van der Waals surface area (Å²) in [6, 6.07) is 21.2. The molecule has 1 saturated heterocycles. The van der Waals surface area contributed by atoms with Gasteiger partial charge in [0.1, 0.15) is 35.7 Å². The Labute approximate surface area is 218 Å². The molecule has 0 spiro atoms. The van der Waals surface area contributed by atoms with Crippen molar-refractivity contribution in [2.24, 2.45) is 0 Å². The summed E-state index contributed by atoms with van der Waals surface area (Å²) in [4.78, 5) is 2.40. The number of rotatable bonds is 7. The minimum atomic E-state index is -0.369. The van der Waals surface area contributed by atoms with Crippen LogP contribution in [-0.4, -0.2) is 54.1 Å². The van der Waals surface area contributed by atoms with Gasteiger partial charge in [0.15, 0.2) is 0 Å². The third-order valence-corrected chi connectivity index (χ3v) is 7.57. The van der Waals surface area contributed by atoms with Crippen LogP contribution >= 0.6 is 0 Å². The van der Waals surface area contributed by atoms with E-state index < -0.39 is 0 Å². The van der Waals surface area contributed by atoms with Gasteiger partial charge in [-0.15, -0.1) is 0 Å². The van der Waals surface area contributed by atoms with Crippen molar-refractivity contribution in [3.8, 4) is 23.0 Å². The average Bonchev–Trinajstić information content (AvgIpc) is 2.92. The number of likely N-dealkylation sites (N-methyl/N-ethyl adjacent to an activating group) is 1. The number of hydrogen-bond donors (Lipinski definition) is 2. The van der Waals surface area contributed by atoms with Crippen LogP contribution in [0.2, 0.25) is 0 Å². The molecule has 6 heteroatoms. The smallest absolute Gasteiger partial charge is 0.150 e. The highest BCUT2D eigenvalue weighted by atomic mass is 16.5. The highest BCUT2D eigenvalue weighted by Crippen LogP contribution is 2.47. The summed E-state index contributed by atoms with van der Waals surface area (Å²) in [7, 11) is 2.17. The molecule has 0 aliphatic carbocycles. The van der Waals surface area contributed by atoms with E-state index in [9.17, 15) is 10.2 Å². The largest absolute Gasteiger partial charge is 0.508 e. The van der Waals surface area contributed by atoms with E-state index in [0.29, 0.717) is 18.7 Å². The number of ether oxygens (including phenoxy) is 3. The second-order valence-corrected chi connectivity index (χ2v) is 10.0. The predicted molar refractivity (Wildman–Crippen MR) is 145 cm³/mol. The Bertz CT molecular complexity index is 1260. The van der Waals surface area contributed by atoms with E-state index in [1.165, 1.54) is 0 Å². The minimum Gasteiger partial charge on any atom is -0.508 e. The number of fused-ring (bicyclic) bond motifs is 1. The third kappa shape index (κ3) is 5.45. The van der Waals surface area contributed by atoms with Gasteiger partial charge in [-0.05, 0) is 92.9 Å². The molecule has 2 atom stereocenters. The van der Waals surface area contributed by atoms with Crippen molar-refractivity contribution in [3.63, 3.8) is 0 Å². The molecule has 0 saturated carbocycles. The Morgan fingerprint density at radius 3 is 2.43 bits per heavy atom. The highest BCUT2D eigenvalue weighted by molar-refractivity contribution is 5.95. The lowest BCUT2D eigenvalue weighted by molar-refractivity contribution is 0.0233. The Balaban J connectivity index is 1.36. The summed E-state index contributed by atoms with van der Waals surface area (Å²) >= 11 is 0. The molecule has 0 radical (unpaired) electrons. The zero-order valence-corrected chi connectivity index (χ0v) is 21.7. The van der Waals surface area contributed by atoms with Crippen molar-refractivity contribution >= 4 is 11.1 Å². The second kappa shape index (κ2) is 10.9. The Morgan fingerprint density at radius 2 is 1.70 bits per heavy atom. The SMILES string of the molecule is CC1=C(c2cccc(O)c2)C(c2ccc(OCC(C)N(C)C3CCOCC3)cc2)Oc2ccc(O)cc21. The molecule has 3 aromatic rings. The molecule has 0 bridgehead atoms. The monoisotopic (exact) mass is 501 g/mol. The number of benzene rings is 3. The summed E-state index contributed by atoms with van der Waals surface area (Å²) in [5.74, 6) is 1.92. The van der Waals surface area contributed by atoms with Gasteiger partial charge in [0.2, 0.25) is 0 Å². The van der Waals surface area contributed by atoms with Crippen LogP contribution in [0.3, 0.4) is 0 Å². The lowest BCUT2D eigenvalue weighted by Crippen LogP contribution is -2.44. The number of aromatic hydroxyl groups is 2. The number of nitrogens with zero attached hydrogens (tertiary/aromatic N) is 1. The van der Waals surface area contributed by atoms with Crippen LogP contribution in [-0.2, 0) is 4.74 Å². The van der Waals surface area contributed by atoms with Crippen molar-refractivity contribution in [3.05, 3.63) is 83.4 Å². The van der Waals surface area contributed by atoms with Gasteiger partial charge in [-0.2, -0.15) is 0 Å². The first-order valence-electron chi connectivity index (χ1n) is 12.9. The molecule has 37 heavy (non-hydrogen) atoms. The summed E-state index contributed by atoms with van der Waals surface area (Å²) in [5.41, 5.74) is 4.66. The number of phenolic OH excluding ortho intramolecular Hbond substituents is 2. The van der Waals surface area contributed by atoms with Crippen LogP contribution in [0.25, 0.3) is 11.1 Å². The fourth-order valence-electron chi connectivity index (χ4n) is 5.24. The van der Waals surface area contributed by atoms with Crippen molar-refractivity contribution < 1.29 is 24.4 Å². The molecular formula is C31H35NO5. The van der Waals surface area contributed by atoms with Gasteiger partial charge in [0, 0.05) is 36.4 Å². The Morgan fingerprint density at radius 1 is 0.973 bits per heavy atom. The summed E-state index contributed by atoms with van der Waals surface area (Å²) in [5, 5.41) is 20.2. The van der Waals surface area contributed by atoms with Crippen LogP contribution < -0.4 is 9.47 Å². The van der Waals surface area contributed by atoms with Gasteiger partial charge >= 0.3 is 0 Å². The molecule has 3 aromatic carbocycles. The van der Waals surface area contributed by atoms with Gasteiger partial charge < -0.3 is 24.4 Å². The van der Waals surface area contributed by atoms with Crippen LogP contribution in [0, 0.1) is 0 Å². The Kier molecular flexibility index (Phi) is 7.40. The number of phenols is 2. The van der Waals surface area contributed by atoms with Crippen molar-refractivity contribution in [2.45, 2.75) is 44.9 Å². The Hall–Kier alpha value is -3.48. The van der Waals surface area contributed by atoms with Crippen LogP contribution in [0.1, 0.15) is 49.5 Å². The second-order valence-electron chi connectivity index (χ2n) is 10.0. The molecule has 6 nitrogen and oxygen atoms in total. The zero-order valence-electron chi connectivity index (χ0n) is 21.7. The quantitative estimate of drug-likeness (QED) is 0.411. The molecule has 5 rings (SSSR count). The van der Waals surface area contributed by atoms with Crippen LogP contribution in [0.5, 0.6) is 23.0 Å². The molecule has 1 fully saturated rings. The normalized spacial score (nSPS) is 18.9. The molecule has 2 heterocycles. The standard InChI is InChI=1S/C31H35NO5/c1-20(32(3)24-13-15-35-16-14-24)19-36-27-10-7-22(8-11-27)31-30(23-5-4-6-25(33)17-23)21(2)28-18-26(34)9-12-29(28)37-31/h4-12,17-18,20,24,31,33-34H,13-16,19H2,1-3H3. The van der Waals surface area contributed by atoms with E-state index >= 15 is 0 Å². The van der Waals surface area contributed by atoms with Gasteiger partial charge in [-0.3, -0.25) is 4.90 Å². The first kappa shape index (κ1) is 25.2. The molecule has 2 N–H and O–H groups in total. The summed E-state index contributed by atoms with van der Waals surface area (Å²) in [6.45, 7) is 6.50. The average molecular weight is 502 g/mol. The molecule has 2 aliphatic heterocycles. The van der Waals surface area contributed by atoms with Crippen LogP contribution in [0.15, 0.2) is 66.7 Å². The molecule has 0 aromatic heterocycles. The van der Waals surface area contributed by atoms with E-state index in [4.69, 9.17) is 14.2 Å². The van der Waals surface area contributed by atoms with Crippen molar-refractivity contribution in [1.82, 2.24) is 4.90 Å². The maximum Gasteiger partial charge on any atom is 0.150 e. The lowest BCUT2D eigenvalue weighted by atomic mass is 9.86. The maximum absolute atomic E-state index is 10.2. The first-order valence-corrected chi connectivity index (χ1v) is 12.9. The molecule has 2 unspecified atom stereocenters. The number of allylic oxidation sites excluding steroid dienone is 1. The van der Waals surface area contributed by atoms with Gasteiger partial charge in [0.25, 0.3) is 0 Å². The number of hydrogen-bond acceptors (Lipinski definition) is 6. The molecule has 194 valence electrons. The maximum atomic E-state index is 10.2. The third-order valence-electron chi connectivity index (χ3n) is 7.57. The van der Waals surface area contributed by atoms with E-state index in [0.717, 1.165) is 65.4 Å². The fraction of sp³-hybridized carbons (Fsp3) is 0.355. The predicted octanol–water partition coefficient (Wildman–Crippen LogP) is 6.04. The van der Waals surface area contributed by atoms with Crippen LogP contribution in [0.4, 0.5) is 0 Å². The minimum absolute atomic E-state index is 0.189. The molecule has 0 amide bonds. The topological polar surface area (TPSA) is 71.4 Å². The fourth-order valence-corrected chi connectivity index (χ4v) is 5.24. The van der Waals surface area contributed by atoms with E-state index in [-0.39, 0.29) is 17.6 Å². The van der Waals surface area contributed by atoms with Gasteiger partial charge in [-0.1, -0.05) is 24.3 Å². The first-order chi connectivity index (χ1) is 17.9. The molecular weight excluding hydrogens is 466 g/mol. The van der Waals surface area contributed by atoms with Crippen molar-refractivity contribution in [1.29, 1.82) is 0 Å². The van der Waals surface area contributed by atoms with Crippen molar-refractivity contribution in [2.75, 3.05) is 26.9 Å². The molecule has 2 aliphatic rings. The van der Waals surface area contributed by atoms with E-state index in [1.807, 2.05) is 43.3 Å². The zero-order chi connectivity index (χ0) is 25.9. The lowest BCUT2D eigenvalue weighted by Gasteiger charge is -2.35. The van der Waals surface area contributed by atoms with Gasteiger partial charge in [0.05, 0.1) is 0 Å². The van der Waals surface area contributed by atoms with E-state index in [2.05, 4.69) is 18.9 Å². The highest BCUT2D eigenvalue weighted by Gasteiger charge is 2.30. The summed E-state index contributed by atoms with van der Waals surface area (Å²) in [6.07, 6.45) is 1.76. The van der Waals surface area contributed by atoms with E-state index in [1.54, 1.807) is 30.3 Å². The summed E-state index contributed by atoms with van der Waals surface area (Å²) < 4.78 is 18.1.